The van der Waals surface area contributed by atoms with Gasteiger partial charge in [0.25, 0.3) is 0 Å². The van der Waals surface area contributed by atoms with Crippen LogP contribution in [0.5, 0.6) is 0 Å². The molecule has 0 bridgehead atoms. The second kappa shape index (κ2) is 3.83. The highest BCUT2D eigenvalue weighted by molar-refractivity contribution is 6.42. The first-order valence-corrected chi connectivity index (χ1v) is 6.50. The van der Waals surface area contributed by atoms with Crippen molar-refractivity contribution in [1.29, 1.82) is 0 Å². The van der Waals surface area contributed by atoms with Crippen LogP contribution in [-0.4, -0.2) is 14.4 Å². The highest BCUT2D eigenvalue weighted by atomic mass is 35.5. The first-order valence-electron chi connectivity index (χ1n) is 5.74. The number of imidazole rings is 1. The Bertz CT molecular complexity index is 944. The van der Waals surface area contributed by atoms with E-state index >= 15 is 0 Å². The molecule has 0 aliphatic heterocycles. The topological polar surface area (TPSA) is 30.2 Å². The molecule has 0 atom stereocenters. The van der Waals surface area contributed by atoms with Crippen LogP contribution in [-0.2, 0) is 0 Å². The highest BCUT2D eigenvalue weighted by Crippen LogP contribution is 2.29. The molecule has 0 aliphatic rings. The van der Waals surface area contributed by atoms with Crippen molar-refractivity contribution in [3.63, 3.8) is 0 Å². The van der Waals surface area contributed by atoms with Gasteiger partial charge in [-0.15, -0.1) is 0 Å². The normalized spacial score (nSPS) is 11.7. The lowest BCUT2D eigenvalue weighted by Gasteiger charge is -2.00. The van der Waals surface area contributed by atoms with Crippen molar-refractivity contribution in [1.82, 2.24) is 14.4 Å². The van der Waals surface area contributed by atoms with Crippen molar-refractivity contribution < 1.29 is 0 Å². The van der Waals surface area contributed by atoms with Crippen molar-refractivity contribution in [3.8, 4) is 0 Å². The monoisotopic (exact) mass is 287 g/mol. The minimum atomic E-state index is 0.509. The Kier molecular flexibility index (Phi) is 2.22. The summed E-state index contributed by atoms with van der Waals surface area (Å²) in [6.45, 7) is 0. The molecule has 92 valence electrons. The van der Waals surface area contributed by atoms with E-state index in [1.54, 1.807) is 12.4 Å². The van der Waals surface area contributed by atoms with E-state index < -0.39 is 0 Å². The average molecular weight is 288 g/mol. The summed E-state index contributed by atoms with van der Waals surface area (Å²) < 4.78 is 1.93. The summed E-state index contributed by atoms with van der Waals surface area (Å²) in [5, 5.41) is 2.03. The molecule has 4 aromatic rings. The van der Waals surface area contributed by atoms with Crippen LogP contribution < -0.4 is 0 Å². The number of halogens is 2. The Morgan fingerprint density at radius 1 is 0.947 bits per heavy atom. The Labute approximate surface area is 118 Å². The van der Waals surface area contributed by atoms with E-state index in [-0.39, 0.29) is 0 Å². The number of nitrogens with zero attached hydrogens (tertiary/aromatic N) is 3. The van der Waals surface area contributed by atoms with Gasteiger partial charge in [-0.2, -0.15) is 0 Å². The van der Waals surface area contributed by atoms with E-state index in [2.05, 4.69) is 9.97 Å². The summed E-state index contributed by atoms with van der Waals surface area (Å²) >= 11 is 12.1. The summed E-state index contributed by atoms with van der Waals surface area (Å²) in [7, 11) is 0. The van der Waals surface area contributed by atoms with Gasteiger partial charge in [-0.1, -0.05) is 35.3 Å². The Hall–Kier alpha value is -1.84. The molecule has 0 spiro atoms. The third-order valence-corrected chi connectivity index (χ3v) is 3.91. The molecule has 3 nitrogen and oxygen atoms in total. The number of rotatable bonds is 0. The maximum Gasteiger partial charge on any atom is 0.148 e. The van der Waals surface area contributed by atoms with E-state index in [0.29, 0.717) is 10.0 Å². The fraction of sp³-hybridized carbons (Fsp3) is 0. The van der Waals surface area contributed by atoms with Crippen LogP contribution in [0.25, 0.3) is 27.6 Å². The number of aromatic nitrogens is 3. The van der Waals surface area contributed by atoms with Gasteiger partial charge in [-0.05, 0) is 24.3 Å². The van der Waals surface area contributed by atoms with Crippen molar-refractivity contribution in [2.24, 2.45) is 0 Å². The maximum absolute atomic E-state index is 6.07. The third-order valence-electron chi connectivity index (χ3n) is 3.19. The van der Waals surface area contributed by atoms with Crippen molar-refractivity contribution >= 4 is 50.8 Å². The molecule has 0 aliphatic carbocycles. The average Bonchev–Trinajstić information content (AvgIpc) is 2.77. The molecule has 0 amide bonds. The number of para-hydroxylation sites is 1. The van der Waals surface area contributed by atoms with Crippen molar-refractivity contribution in [2.75, 3.05) is 0 Å². The van der Waals surface area contributed by atoms with Gasteiger partial charge in [-0.25, -0.2) is 9.97 Å². The molecule has 19 heavy (non-hydrogen) atoms. The van der Waals surface area contributed by atoms with E-state index in [9.17, 15) is 0 Å². The van der Waals surface area contributed by atoms with Gasteiger partial charge < -0.3 is 0 Å². The quantitative estimate of drug-likeness (QED) is 0.481. The first-order chi connectivity index (χ1) is 9.24. The van der Waals surface area contributed by atoms with Crippen LogP contribution in [0.15, 0.2) is 42.7 Å². The predicted octanol–water partition coefficient (Wildman–Crippen LogP) is 4.34. The van der Waals surface area contributed by atoms with Gasteiger partial charge in [0.1, 0.15) is 12.0 Å². The zero-order valence-electron chi connectivity index (χ0n) is 9.64. The van der Waals surface area contributed by atoms with Crippen LogP contribution in [0.3, 0.4) is 0 Å². The number of fused-ring (bicyclic) bond motifs is 5. The van der Waals surface area contributed by atoms with Crippen LogP contribution in [0.2, 0.25) is 10.0 Å². The van der Waals surface area contributed by atoms with Crippen LogP contribution >= 0.6 is 23.2 Å². The smallest absolute Gasteiger partial charge is 0.148 e. The van der Waals surface area contributed by atoms with E-state index in [1.165, 1.54) is 0 Å². The molecule has 2 aromatic carbocycles. The summed E-state index contributed by atoms with van der Waals surface area (Å²) in [4.78, 5) is 9.06. The van der Waals surface area contributed by atoms with Crippen LogP contribution in [0.4, 0.5) is 0 Å². The maximum atomic E-state index is 6.07. The summed E-state index contributed by atoms with van der Waals surface area (Å²) in [6.07, 6.45) is 1.76. The lowest BCUT2D eigenvalue weighted by molar-refractivity contribution is 1.15. The largest absolute Gasteiger partial charge is 0.282 e. The molecule has 4 rings (SSSR count). The molecule has 0 unspecified atom stereocenters. The minimum absolute atomic E-state index is 0.509. The minimum Gasteiger partial charge on any atom is -0.282 e. The summed E-state index contributed by atoms with van der Waals surface area (Å²) in [5.74, 6) is 0. The molecule has 0 N–H and O–H groups in total. The number of hydrogen-bond donors (Lipinski definition) is 0. The van der Waals surface area contributed by atoms with Gasteiger partial charge in [0, 0.05) is 5.39 Å². The SMILES string of the molecule is Clc1cc2nc3c4ccccc4ncn3c2cc1Cl. The zero-order chi connectivity index (χ0) is 13.0. The van der Waals surface area contributed by atoms with Crippen molar-refractivity contribution in [3.05, 3.63) is 52.8 Å². The summed E-state index contributed by atoms with van der Waals surface area (Å²) in [6, 6.07) is 11.5. The highest BCUT2D eigenvalue weighted by Gasteiger charge is 2.10. The van der Waals surface area contributed by atoms with Gasteiger partial charge in [-0.3, -0.25) is 4.40 Å². The Balaban J connectivity index is 2.27. The molecule has 0 fully saturated rings. The predicted molar refractivity (Wildman–Crippen MR) is 78.0 cm³/mol. The van der Waals surface area contributed by atoms with E-state index in [0.717, 1.165) is 27.6 Å². The third kappa shape index (κ3) is 1.52. The molecule has 0 radical (unpaired) electrons. The van der Waals surface area contributed by atoms with Gasteiger partial charge in [0.05, 0.1) is 26.6 Å². The molecular weight excluding hydrogens is 281 g/mol. The van der Waals surface area contributed by atoms with Gasteiger partial charge in [0.15, 0.2) is 0 Å². The van der Waals surface area contributed by atoms with Gasteiger partial charge in [0.2, 0.25) is 0 Å². The van der Waals surface area contributed by atoms with Crippen molar-refractivity contribution in [2.45, 2.75) is 0 Å². The standard InChI is InChI=1S/C14H7Cl2N3/c15-9-5-12-13(6-10(9)16)19-7-17-11-4-2-1-3-8(11)14(19)18-12/h1-7H. The van der Waals surface area contributed by atoms with Crippen LogP contribution in [0.1, 0.15) is 0 Å². The second-order valence-corrected chi connectivity index (χ2v) is 5.14. The lowest BCUT2D eigenvalue weighted by Crippen LogP contribution is -1.89. The fourth-order valence-electron chi connectivity index (χ4n) is 2.29. The molecule has 5 heteroatoms. The fourth-order valence-corrected chi connectivity index (χ4v) is 2.61. The molecule has 0 saturated carbocycles. The molecule has 2 heterocycles. The molecule has 0 saturated heterocycles. The first kappa shape index (κ1) is 11.0. The van der Waals surface area contributed by atoms with E-state index in [1.807, 2.05) is 34.7 Å². The number of benzene rings is 2. The zero-order valence-corrected chi connectivity index (χ0v) is 11.2. The van der Waals surface area contributed by atoms with Gasteiger partial charge >= 0.3 is 0 Å². The summed E-state index contributed by atoms with van der Waals surface area (Å²) in [5.41, 5.74) is 3.50. The van der Waals surface area contributed by atoms with E-state index in [4.69, 9.17) is 23.2 Å². The molecular formula is C14H7Cl2N3. The number of hydrogen-bond acceptors (Lipinski definition) is 2. The Morgan fingerprint density at radius 2 is 1.74 bits per heavy atom. The second-order valence-electron chi connectivity index (χ2n) is 4.32. The van der Waals surface area contributed by atoms with Crippen LogP contribution in [0, 0.1) is 0 Å². The Morgan fingerprint density at radius 3 is 2.63 bits per heavy atom. The molecule has 2 aromatic heterocycles. The lowest BCUT2D eigenvalue weighted by atomic mass is 10.2.